The van der Waals surface area contributed by atoms with Gasteiger partial charge in [0.2, 0.25) is 5.13 Å². The summed E-state index contributed by atoms with van der Waals surface area (Å²) >= 11 is 3.01. The predicted molar refractivity (Wildman–Crippen MR) is 93.0 cm³/mol. The second-order valence-corrected chi connectivity index (χ2v) is 7.35. The Morgan fingerprint density at radius 2 is 2.00 bits per heavy atom. The largest absolute Gasteiger partial charge is 0.493 e. The fourth-order valence-electron chi connectivity index (χ4n) is 1.70. The van der Waals surface area contributed by atoms with Crippen LogP contribution in [-0.4, -0.2) is 36.1 Å². The van der Waals surface area contributed by atoms with Gasteiger partial charge in [-0.1, -0.05) is 36.9 Å². The number of aromatic nitrogens is 2. The molecule has 0 spiro atoms. The first-order valence-electron chi connectivity index (χ1n) is 7.03. The lowest BCUT2D eigenvalue weighted by Crippen LogP contribution is -2.11. The summed E-state index contributed by atoms with van der Waals surface area (Å²) in [5, 5.41) is 11.3. The van der Waals surface area contributed by atoms with Crippen molar-refractivity contribution in [3.05, 3.63) is 23.8 Å². The van der Waals surface area contributed by atoms with Crippen LogP contribution in [0.15, 0.2) is 22.5 Å². The number of hydrogen-bond acceptors (Lipinski definition) is 7. The van der Waals surface area contributed by atoms with E-state index in [0.29, 0.717) is 28.1 Å². The van der Waals surface area contributed by atoms with Gasteiger partial charge in [0.15, 0.2) is 15.8 Å². The Kier molecular flexibility index (Phi) is 6.23. The molecular formula is C15H19N3O3S2. The van der Waals surface area contributed by atoms with Gasteiger partial charge in [-0.05, 0) is 24.1 Å². The van der Waals surface area contributed by atoms with E-state index in [4.69, 9.17) is 9.47 Å². The first-order chi connectivity index (χ1) is 11.0. The van der Waals surface area contributed by atoms with E-state index in [-0.39, 0.29) is 5.91 Å². The molecule has 2 rings (SSSR count). The highest BCUT2D eigenvalue weighted by atomic mass is 32.2. The second-order valence-electron chi connectivity index (χ2n) is 5.10. The van der Waals surface area contributed by atoms with Crippen LogP contribution in [-0.2, 0) is 0 Å². The third-order valence-electron chi connectivity index (χ3n) is 2.81. The summed E-state index contributed by atoms with van der Waals surface area (Å²) in [4.78, 5) is 12.3. The maximum atomic E-state index is 12.3. The highest BCUT2D eigenvalue weighted by Gasteiger charge is 2.13. The van der Waals surface area contributed by atoms with E-state index in [1.807, 2.05) is 0 Å². The van der Waals surface area contributed by atoms with Gasteiger partial charge < -0.3 is 9.47 Å². The molecule has 23 heavy (non-hydrogen) atoms. The summed E-state index contributed by atoms with van der Waals surface area (Å²) in [5.74, 6) is 2.37. The molecule has 0 aliphatic rings. The Bertz CT molecular complexity index is 674. The molecule has 1 amide bonds. The lowest BCUT2D eigenvalue weighted by atomic mass is 10.2. The van der Waals surface area contributed by atoms with Crippen molar-refractivity contribution in [1.82, 2.24) is 10.2 Å². The first kappa shape index (κ1) is 17.6. The van der Waals surface area contributed by atoms with Gasteiger partial charge in [0.1, 0.15) is 0 Å². The zero-order valence-corrected chi connectivity index (χ0v) is 15.1. The lowest BCUT2D eigenvalue weighted by Gasteiger charge is -2.08. The molecule has 0 aliphatic heterocycles. The summed E-state index contributed by atoms with van der Waals surface area (Å²) in [6, 6.07) is 4.99. The second kappa shape index (κ2) is 8.16. The summed E-state index contributed by atoms with van der Waals surface area (Å²) in [6.07, 6.45) is 0. The standard InChI is InChI=1S/C15H19N3O3S2/c1-9(2)8-22-15-18-17-14(23-15)16-13(19)10-5-6-11(20-3)12(7-10)21-4/h5-7,9H,8H2,1-4H3,(H,16,17,19). The lowest BCUT2D eigenvalue weighted by molar-refractivity contribution is 0.102. The van der Waals surface area contributed by atoms with Crippen LogP contribution in [0.25, 0.3) is 0 Å². The van der Waals surface area contributed by atoms with Crippen molar-refractivity contribution in [3.8, 4) is 11.5 Å². The van der Waals surface area contributed by atoms with Gasteiger partial charge in [-0.25, -0.2) is 0 Å². The minimum atomic E-state index is -0.262. The molecule has 0 aliphatic carbocycles. The maximum absolute atomic E-state index is 12.3. The van der Waals surface area contributed by atoms with E-state index in [1.54, 1.807) is 37.1 Å². The van der Waals surface area contributed by atoms with Crippen LogP contribution in [0.5, 0.6) is 11.5 Å². The van der Waals surface area contributed by atoms with Crippen LogP contribution in [0.2, 0.25) is 0 Å². The minimum absolute atomic E-state index is 0.262. The van der Waals surface area contributed by atoms with Crippen molar-refractivity contribution in [1.29, 1.82) is 0 Å². The Hall–Kier alpha value is -1.80. The fourth-order valence-corrected chi connectivity index (χ4v) is 3.43. The molecule has 124 valence electrons. The molecular weight excluding hydrogens is 334 g/mol. The summed E-state index contributed by atoms with van der Waals surface area (Å²) in [6.45, 7) is 4.29. The van der Waals surface area contributed by atoms with Crippen LogP contribution in [0, 0.1) is 5.92 Å². The van der Waals surface area contributed by atoms with Crippen LogP contribution in [0.1, 0.15) is 24.2 Å². The number of nitrogens with one attached hydrogen (secondary N) is 1. The minimum Gasteiger partial charge on any atom is -0.493 e. The van der Waals surface area contributed by atoms with Crippen LogP contribution in [0.4, 0.5) is 5.13 Å². The molecule has 0 fully saturated rings. The third kappa shape index (κ3) is 4.84. The average molecular weight is 353 g/mol. The number of rotatable bonds is 7. The summed E-state index contributed by atoms with van der Waals surface area (Å²) in [5.41, 5.74) is 0.467. The van der Waals surface area contributed by atoms with Crippen molar-refractivity contribution < 1.29 is 14.3 Å². The molecule has 0 unspecified atom stereocenters. The third-order valence-corrected chi connectivity index (χ3v) is 5.21. The number of carbonyl (C=O) groups excluding carboxylic acids is 1. The molecule has 1 N–H and O–H groups in total. The molecule has 2 aromatic rings. The highest BCUT2D eigenvalue weighted by molar-refractivity contribution is 8.01. The van der Waals surface area contributed by atoms with Gasteiger partial charge in [0.05, 0.1) is 14.2 Å². The molecule has 1 aromatic carbocycles. The number of hydrogen-bond donors (Lipinski definition) is 1. The van der Waals surface area contributed by atoms with Crippen LogP contribution < -0.4 is 14.8 Å². The summed E-state index contributed by atoms with van der Waals surface area (Å²) < 4.78 is 11.2. The number of thioether (sulfide) groups is 1. The van der Waals surface area contributed by atoms with Crippen LogP contribution in [0.3, 0.4) is 0 Å². The number of carbonyl (C=O) groups is 1. The SMILES string of the molecule is COc1ccc(C(=O)Nc2nnc(SCC(C)C)s2)cc1OC. The molecule has 8 heteroatoms. The molecule has 0 radical (unpaired) electrons. The number of methoxy groups -OCH3 is 2. The number of amides is 1. The van der Waals surface area contributed by atoms with Gasteiger partial charge in [-0.3, -0.25) is 10.1 Å². The Morgan fingerprint density at radius 3 is 2.65 bits per heavy atom. The van der Waals surface area contributed by atoms with Crippen LogP contribution >= 0.6 is 23.1 Å². The van der Waals surface area contributed by atoms with Crippen molar-refractivity contribution in [2.75, 3.05) is 25.3 Å². The molecule has 0 bridgehead atoms. The molecule has 0 saturated carbocycles. The molecule has 1 heterocycles. The number of anilines is 1. The van der Waals surface area contributed by atoms with E-state index >= 15 is 0 Å². The van der Waals surface area contributed by atoms with E-state index in [2.05, 4.69) is 29.4 Å². The normalized spacial score (nSPS) is 10.7. The van der Waals surface area contributed by atoms with E-state index in [1.165, 1.54) is 18.4 Å². The van der Waals surface area contributed by atoms with Gasteiger partial charge in [0.25, 0.3) is 5.91 Å². The van der Waals surface area contributed by atoms with Crippen molar-refractivity contribution >= 4 is 34.1 Å². The summed E-state index contributed by atoms with van der Waals surface area (Å²) in [7, 11) is 3.08. The van der Waals surface area contributed by atoms with E-state index in [9.17, 15) is 4.79 Å². The molecule has 0 saturated heterocycles. The van der Waals surface area contributed by atoms with Crippen molar-refractivity contribution in [2.24, 2.45) is 5.92 Å². The fraction of sp³-hybridized carbons (Fsp3) is 0.400. The Balaban J connectivity index is 2.04. The van der Waals surface area contributed by atoms with E-state index < -0.39 is 0 Å². The van der Waals surface area contributed by atoms with Crippen molar-refractivity contribution in [2.45, 2.75) is 18.2 Å². The molecule has 0 atom stereocenters. The monoisotopic (exact) mass is 353 g/mol. The smallest absolute Gasteiger partial charge is 0.257 e. The van der Waals surface area contributed by atoms with Gasteiger partial charge >= 0.3 is 0 Å². The highest BCUT2D eigenvalue weighted by Crippen LogP contribution is 2.29. The topological polar surface area (TPSA) is 73.3 Å². The first-order valence-corrected chi connectivity index (χ1v) is 8.83. The Labute approximate surface area is 143 Å². The molecule has 1 aromatic heterocycles. The predicted octanol–water partition coefficient (Wildman–Crippen LogP) is 3.56. The van der Waals surface area contributed by atoms with Gasteiger partial charge in [-0.2, -0.15) is 0 Å². The molecule has 6 nitrogen and oxygen atoms in total. The number of ether oxygens (including phenoxy) is 2. The van der Waals surface area contributed by atoms with Gasteiger partial charge in [-0.15, -0.1) is 10.2 Å². The van der Waals surface area contributed by atoms with E-state index in [0.717, 1.165) is 10.1 Å². The van der Waals surface area contributed by atoms with Gasteiger partial charge in [0, 0.05) is 11.3 Å². The van der Waals surface area contributed by atoms with Crippen molar-refractivity contribution in [3.63, 3.8) is 0 Å². The zero-order chi connectivity index (χ0) is 16.8. The number of nitrogens with zero attached hydrogens (tertiary/aromatic N) is 2. The quantitative estimate of drug-likeness (QED) is 0.606. The Morgan fingerprint density at radius 1 is 1.26 bits per heavy atom. The average Bonchev–Trinajstić information content (AvgIpc) is 2.99. The maximum Gasteiger partial charge on any atom is 0.257 e. The number of benzene rings is 1. The zero-order valence-electron chi connectivity index (χ0n) is 13.5.